The second-order valence-corrected chi connectivity index (χ2v) is 2.74. The molecule has 2 heteroatoms. The molecular weight excluding hydrogens is 126 g/mol. The molecule has 0 amide bonds. The van der Waals surface area contributed by atoms with Crippen molar-refractivity contribution in [2.75, 3.05) is 0 Å². The minimum atomic E-state index is -0.0984. The zero-order valence-electron chi connectivity index (χ0n) is 5.84. The van der Waals surface area contributed by atoms with Crippen molar-refractivity contribution in [1.29, 1.82) is 5.26 Å². The molecule has 10 heavy (non-hydrogen) atoms. The highest BCUT2D eigenvalue weighted by Crippen LogP contribution is 2.27. The van der Waals surface area contributed by atoms with E-state index >= 15 is 0 Å². The summed E-state index contributed by atoms with van der Waals surface area (Å²) in [6, 6.07) is 2.14. The van der Waals surface area contributed by atoms with E-state index in [1.165, 1.54) is 0 Å². The van der Waals surface area contributed by atoms with Gasteiger partial charge in [0, 0.05) is 5.92 Å². The number of rotatable bonds is 1. The molecule has 0 aromatic rings. The molecule has 0 bridgehead atoms. The van der Waals surface area contributed by atoms with Gasteiger partial charge in [0.25, 0.3) is 0 Å². The van der Waals surface area contributed by atoms with Gasteiger partial charge in [0.1, 0.15) is 0 Å². The Labute approximate surface area is 60.8 Å². The SMILES string of the molecule is N#CC1CCCCC1[C]=O. The maximum atomic E-state index is 10.3. The van der Waals surface area contributed by atoms with Crippen molar-refractivity contribution in [3.8, 4) is 6.07 Å². The van der Waals surface area contributed by atoms with Crippen LogP contribution in [0, 0.1) is 23.2 Å². The first kappa shape index (κ1) is 7.27. The van der Waals surface area contributed by atoms with Crippen LogP contribution in [-0.4, -0.2) is 6.29 Å². The summed E-state index contributed by atoms with van der Waals surface area (Å²) in [6.45, 7) is 0. The first-order valence-corrected chi connectivity index (χ1v) is 3.65. The maximum Gasteiger partial charge on any atom is 0.203 e. The first-order chi connectivity index (χ1) is 4.88. The maximum absolute atomic E-state index is 10.3. The molecule has 0 aromatic carbocycles. The van der Waals surface area contributed by atoms with Crippen LogP contribution in [-0.2, 0) is 4.79 Å². The lowest BCUT2D eigenvalue weighted by Crippen LogP contribution is -2.18. The zero-order valence-corrected chi connectivity index (χ0v) is 5.84. The van der Waals surface area contributed by atoms with Crippen molar-refractivity contribution < 1.29 is 4.79 Å². The largest absolute Gasteiger partial charge is 0.291 e. The van der Waals surface area contributed by atoms with E-state index in [1.54, 1.807) is 0 Å². The van der Waals surface area contributed by atoms with Gasteiger partial charge in [0.05, 0.1) is 12.0 Å². The van der Waals surface area contributed by atoms with Gasteiger partial charge in [0.15, 0.2) is 0 Å². The Morgan fingerprint density at radius 1 is 1.20 bits per heavy atom. The summed E-state index contributed by atoms with van der Waals surface area (Å²) in [6.07, 6.45) is 5.86. The third kappa shape index (κ3) is 1.36. The Kier molecular flexibility index (Phi) is 2.44. The second kappa shape index (κ2) is 3.36. The monoisotopic (exact) mass is 136 g/mol. The van der Waals surface area contributed by atoms with Crippen LogP contribution in [0.4, 0.5) is 0 Å². The molecule has 2 unspecified atom stereocenters. The number of hydrogen-bond acceptors (Lipinski definition) is 2. The molecule has 1 aliphatic rings. The predicted octanol–water partition coefficient (Wildman–Crippen LogP) is 1.43. The Bertz CT molecular complexity index is 159. The fourth-order valence-corrected chi connectivity index (χ4v) is 1.43. The Hall–Kier alpha value is -0.840. The van der Waals surface area contributed by atoms with Crippen LogP contribution in [0.2, 0.25) is 0 Å². The van der Waals surface area contributed by atoms with E-state index in [4.69, 9.17) is 5.26 Å². The van der Waals surface area contributed by atoms with Gasteiger partial charge in [0.2, 0.25) is 6.29 Å². The van der Waals surface area contributed by atoms with Crippen molar-refractivity contribution in [1.82, 2.24) is 0 Å². The lowest BCUT2D eigenvalue weighted by Gasteiger charge is -2.20. The van der Waals surface area contributed by atoms with Crippen LogP contribution in [0.5, 0.6) is 0 Å². The highest BCUT2D eigenvalue weighted by atomic mass is 16.1. The van der Waals surface area contributed by atoms with E-state index in [9.17, 15) is 4.79 Å². The molecule has 1 radical (unpaired) electrons. The van der Waals surface area contributed by atoms with E-state index in [2.05, 4.69) is 6.07 Å². The van der Waals surface area contributed by atoms with Gasteiger partial charge in [-0.2, -0.15) is 5.26 Å². The Balaban J connectivity index is 2.51. The van der Waals surface area contributed by atoms with Gasteiger partial charge in [-0.25, -0.2) is 0 Å². The summed E-state index contributed by atoms with van der Waals surface area (Å²) in [7, 11) is 0. The first-order valence-electron chi connectivity index (χ1n) is 3.65. The van der Waals surface area contributed by atoms with E-state index in [0.717, 1.165) is 25.7 Å². The standard InChI is InChI=1S/C8H10NO/c9-5-7-3-1-2-4-8(7)6-10/h7-8H,1-4H2. The van der Waals surface area contributed by atoms with Gasteiger partial charge in [-0.05, 0) is 12.8 Å². The Morgan fingerprint density at radius 2 is 1.80 bits per heavy atom. The summed E-state index contributed by atoms with van der Waals surface area (Å²) in [5.74, 6) is -0.148. The van der Waals surface area contributed by atoms with Crippen LogP contribution in [0.3, 0.4) is 0 Å². The number of nitrogens with zero attached hydrogens (tertiary/aromatic N) is 1. The second-order valence-electron chi connectivity index (χ2n) is 2.74. The quantitative estimate of drug-likeness (QED) is 0.547. The van der Waals surface area contributed by atoms with Crippen molar-refractivity contribution in [3.05, 3.63) is 0 Å². The van der Waals surface area contributed by atoms with Gasteiger partial charge >= 0.3 is 0 Å². The molecule has 0 heterocycles. The minimum absolute atomic E-state index is 0.0498. The zero-order chi connectivity index (χ0) is 7.40. The fraction of sp³-hybridized carbons (Fsp3) is 0.750. The highest BCUT2D eigenvalue weighted by molar-refractivity contribution is 5.55. The number of nitriles is 1. The van der Waals surface area contributed by atoms with Crippen LogP contribution in [0.1, 0.15) is 25.7 Å². The summed E-state index contributed by atoms with van der Waals surface area (Å²) in [4.78, 5) is 10.3. The van der Waals surface area contributed by atoms with Gasteiger partial charge in [-0.3, -0.25) is 4.79 Å². The summed E-state index contributed by atoms with van der Waals surface area (Å²) in [5.41, 5.74) is 0. The summed E-state index contributed by atoms with van der Waals surface area (Å²) in [5, 5.41) is 8.56. The molecule has 0 aliphatic heterocycles. The van der Waals surface area contributed by atoms with E-state index in [0.29, 0.717) is 0 Å². The van der Waals surface area contributed by atoms with Crippen LogP contribution in [0.25, 0.3) is 0 Å². The normalized spacial score (nSPS) is 32.7. The molecule has 1 rings (SSSR count). The molecule has 1 saturated carbocycles. The molecule has 2 atom stereocenters. The molecule has 0 spiro atoms. The molecule has 0 aromatic heterocycles. The van der Waals surface area contributed by atoms with E-state index in [1.807, 2.05) is 6.29 Å². The lowest BCUT2D eigenvalue weighted by molar-refractivity contribution is 0.349. The molecule has 1 aliphatic carbocycles. The van der Waals surface area contributed by atoms with E-state index in [-0.39, 0.29) is 11.8 Å². The molecule has 0 N–H and O–H groups in total. The highest BCUT2D eigenvalue weighted by Gasteiger charge is 2.24. The van der Waals surface area contributed by atoms with E-state index < -0.39 is 0 Å². The third-order valence-electron chi connectivity index (χ3n) is 2.08. The van der Waals surface area contributed by atoms with Crippen molar-refractivity contribution >= 4 is 6.29 Å². The number of carbonyl (C=O) groups excluding carboxylic acids is 1. The molecule has 1 fully saturated rings. The predicted molar refractivity (Wildman–Crippen MR) is 36.8 cm³/mol. The Morgan fingerprint density at radius 3 is 2.20 bits per heavy atom. The molecule has 53 valence electrons. The van der Waals surface area contributed by atoms with Gasteiger partial charge < -0.3 is 0 Å². The van der Waals surface area contributed by atoms with Crippen molar-refractivity contribution in [3.63, 3.8) is 0 Å². The number of hydrogen-bond donors (Lipinski definition) is 0. The lowest BCUT2D eigenvalue weighted by atomic mass is 9.81. The molecule has 2 nitrogen and oxygen atoms in total. The van der Waals surface area contributed by atoms with Crippen molar-refractivity contribution in [2.45, 2.75) is 25.7 Å². The van der Waals surface area contributed by atoms with Crippen LogP contribution in [0.15, 0.2) is 0 Å². The van der Waals surface area contributed by atoms with Crippen molar-refractivity contribution in [2.24, 2.45) is 11.8 Å². The fourth-order valence-electron chi connectivity index (χ4n) is 1.43. The van der Waals surface area contributed by atoms with Crippen LogP contribution < -0.4 is 0 Å². The average Bonchev–Trinajstić information content (AvgIpc) is 2.04. The molecular formula is C8H10NO. The van der Waals surface area contributed by atoms with Crippen LogP contribution >= 0.6 is 0 Å². The summed E-state index contributed by atoms with van der Waals surface area (Å²) >= 11 is 0. The average molecular weight is 136 g/mol. The van der Waals surface area contributed by atoms with Gasteiger partial charge in [-0.15, -0.1) is 0 Å². The van der Waals surface area contributed by atoms with Gasteiger partial charge in [-0.1, -0.05) is 12.8 Å². The smallest absolute Gasteiger partial charge is 0.203 e. The topological polar surface area (TPSA) is 40.9 Å². The minimum Gasteiger partial charge on any atom is -0.291 e. The third-order valence-corrected chi connectivity index (χ3v) is 2.08. The summed E-state index contributed by atoms with van der Waals surface area (Å²) < 4.78 is 0. The molecule has 0 saturated heterocycles.